The van der Waals surface area contributed by atoms with Gasteiger partial charge in [0, 0.05) is 18.5 Å². The largest absolute Gasteiger partial charge is 0.369 e. The zero-order valence-electron chi connectivity index (χ0n) is 9.98. The fraction of sp³-hybridized carbons (Fsp3) is 0.600. The van der Waals surface area contributed by atoms with Gasteiger partial charge in [-0.15, -0.1) is 0 Å². The molecule has 1 aromatic heterocycles. The summed E-state index contributed by atoms with van der Waals surface area (Å²) in [6.07, 6.45) is 2.26. The molecule has 0 aromatic carbocycles. The topological polar surface area (TPSA) is 84.0 Å². The van der Waals surface area contributed by atoms with Crippen molar-refractivity contribution in [3.05, 3.63) is 16.5 Å². The lowest BCUT2D eigenvalue weighted by molar-refractivity contribution is 0.588. The molecule has 0 spiro atoms. The fourth-order valence-corrected chi connectivity index (χ4v) is 2.44. The van der Waals surface area contributed by atoms with Crippen molar-refractivity contribution in [3.8, 4) is 0 Å². The van der Waals surface area contributed by atoms with E-state index in [4.69, 9.17) is 0 Å². The molecule has 1 aliphatic rings. The maximum atomic E-state index is 11.2. The Hall–Kier alpha value is -0.730. The summed E-state index contributed by atoms with van der Waals surface area (Å²) < 4.78 is 25.5. The number of halogens is 1. The second kappa shape index (κ2) is 5.50. The molecule has 0 unspecified atom stereocenters. The molecule has 8 heteroatoms. The third-order valence-corrected chi connectivity index (χ3v) is 4.41. The lowest BCUT2D eigenvalue weighted by Crippen LogP contribution is -2.26. The molecule has 0 saturated heterocycles. The number of hydrogen-bond acceptors (Lipinski definition) is 5. The molecule has 18 heavy (non-hydrogen) atoms. The van der Waals surface area contributed by atoms with E-state index in [0.717, 1.165) is 23.3 Å². The van der Waals surface area contributed by atoms with Gasteiger partial charge in [0.05, 0.1) is 5.75 Å². The Bertz CT molecular complexity index is 531. The summed E-state index contributed by atoms with van der Waals surface area (Å²) in [7, 11) is -1.78. The Labute approximate surface area is 115 Å². The smallest absolute Gasteiger partial charge is 0.213 e. The van der Waals surface area contributed by atoms with Crippen molar-refractivity contribution in [2.45, 2.75) is 18.8 Å². The quantitative estimate of drug-likeness (QED) is 0.760. The van der Waals surface area contributed by atoms with Crippen LogP contribution >= 0.6 is 15.9 Å². The zero-order valence-corrected chi connectivity index (χ0v) is 12.4. The molecule has 1 fully saturated rings. The summed E-state index contributed by atoms with van der Waals surface area (Å²) in [5.74, 6) is 1.96. The Morgan fingerprint density at radius 3 is 2.78 bits per heavy atom. The van der Waals surface area contributed by atoms with E-state index in [0.29, 0.717) is 18.3 Å². The summed E-state index contributed by atoms with van der Waals surface area (Å²) in [5.41, 5.74) is 0. The molecule has 0 amide bonds. The van der Waals surface area contributed by atoms with Gasteiger partial charge in [0.2, 0.25) is 10.0 Å². The summed E-state index contributed by atoms with van der Waals surface area (Å²) >= 11 is 3.33. The number of nitrogens with zero attached hydrogens (tertiary/aromatic N) is 2. The van der Waals surface area contributed by atoms with E-state index in [2.05, 4.69) is 35.9 Å². The number of sulfonamides is 1. The summed E-state index contributed by atoms with van der Waals surface area (Å²) in [4.78, 5) is 8.68. The summed E-state index contributed by atoms with van der Waals surface area (Å²) in [6, 6.07) is 1.75. The molecule has 1 heterocycles. The standard InChI is InChI=1S/C10H15BrN4O2S/c1-12-18(16,17)5-4-13-9-6-8(11)14-10(15-9)7-2-3-7/h6-7,12H,2-5H2,1H3,(H,13,14,15). The summed E-state index contributed by atoms with van der Waals surface area (Å²) in [5, 5.41) is 3.00. The van der Waals surface area contributed by atoms with Gasteiger partial charge in [-0.2, -0.15) is 0 Å². The monoisotopic (exact) mass is 334 g/mol. The molecule has 100 valence electrons. The normalized spacial score (nSPS) is 15.7. The Balaban J connectivity index is 1.97. The van der Waals surface area contributed by atoms with Gasteiger partial charge in [-0.1, -0.05) is 0 Å². The number of aromatic nitrogens is 2. The molecule has 1 aliphatic carbocycles. The van der Waals surface area contributed by atoms with E-state index in [-0.39, 0.29) is 5.75 Å². The van der Waals surface area contributed by atoms with Crippen molar-refractivity contribution in [2.75, 3.05) is 24.7 Å². The Morgan fingerprint density at radius 1 is 1.44 bits per heavy atom. The van der Waals surface area contributed by atoms with Crippen LogP contribution in [0.15, 0.2) is 10.7 Å². The molecule has 0 aliphatic heterocycles. The Kier molecular flexibility index (Phi) is 4.18. The van der Waals surface area contributed by atoms with Crippen molar-refractivity contribution in [1.29, 1.82) is 0 Å². The third-order valence-electron chi connectivity index (χ3n) is 2.64. The first-order valence-electron chi connectivity index (χ1n) is 5.70. The van der Waals surface area contributed by atoms with Gasteiger partial charge in [-0.3, -0.25) is 0 Å². The van der Waals surface area contributed by atoms with Crippen LogP contribution < -0.4 is 10.0 Å². The minimum atomic E-state index is -3.18. The van der Waals surface area contributed by atoms with Crippen molar-refractivity contribution in [2.24, 2.45) is 0 Å². The van der Waals surface area contributed by atoms with Crippen LogP contribution in [0.5, 0.6) is 0 Å². The molecule has 0 atom stereocenters. The molecular formula is C10H15BrN4O2S. The zero-order chi connectivity index (χ0) is 13.2. The first kappa shape index (κ1) is 13.7. The first-order valence-corrected chi connectivity index (χ1v) is 8.14. The highest BCUT2D eigenvalue weighted by atomic mass is 79.9. The minimum absolute atomic E-state index is 0.0177. The van der Waals surface area contributed by atoms with Crippen LogP contribution in [-0.2, 0) is 10.0 Å². The number of rotatable bonds is 6. The van der Waals surface area contributed by atoms with Gasteiger partial charge in [0.1, 0.15) is 16.2 Å². The molecule has 0 radical (unpaired) electrons. The Morgan fingerprint density at radius 2 is 2.17 bits per heavy atom. The highest BCUT2D eigenvalue weighted by Crippen LogP contribution is 2.38. The fourth-order valence-electron chi connectivity index (χ4n) is 1.47. The van der Waals surface area contributed by atoms with E-state index in [1.807, 2.05) is 0 Å². The van der Waals surface area contributed by atoms with Crippen molar-refractivity contribution in [1.82, 2.24) is 14.7 Å². The van der Waals surface area contributed by atoms with Crippen LogP contribution in [0.4, 0.5) is 5.82 Å². The molecule has 2 N–H and O–H groups in total. The highest BCUT2D eigenvalue weighted by molar-refractivity contribution is 9.10. The number of nitrogens with one attached hydrogen (secondary N) is 2. The molecule has 0 bridgehead atoms. The predicted octanol–water partition coefficient (Wildman–Crippen LogP) is 1.08. The lowest BCUT2D eigenvalue weighted by Gasteiger charge is -2.07. The third kappa shape index (κ3) is 3.89. The molecule has 6 nitrogen and oxygen atoms in total. The molecular weight excluding hydrogens is 320 g/mol. The maximum absolute atomic E-state index is 11.2. The average molecular weight is 335 g/mol. The maximum Gasteiger partial charge on any atom is 0.213 e. The van der Waals surface area contributed by atoms with Crippen LogP contribution in [0.25, 0.3) is 0 Å². The van der Waals surface area contributed by atoms with Gasteiger partial charge < -0.3 is 5.32 Å². The number of hydrogen-bond donors (Lipinski definition) is 2. The van der Waals surface area contributed by atoms with E-state index < -0.39 is 10.0 Å². The van der Waals surface area contributed by atoms with E-state index in [1.165, 1.54) is 7.05 Å². The van der Waals surface area contributed by atoms with Crippen LogP contribution in [0, 0.1) is 0 Å². The van der Waals surface area contributed by atoms with Gasteiger partial charge in [0.15, 0.2) is 0 Å². The SMILES string of the molecule is CNS(=O)(=O)CCNc1cc(Br)nc(C2CC2)n1. The second-order valence-corrected chi connectivity index (χ2v) is 7.02. The van der Waals surface area contributed by atoms with E-state index in [9.17, 15) is 8.42 Å². The predicted molar refractivity (Wildman–Crippen MR) is 73.0 cm³/mol. The highest BCUT2D eigenvalue weighted by Gasteiger charge is 2.27. The van der Waals surface area contributed by atoms with Crippen LogP contribution in [0.1, 0.15) is 24.6 Å². The molecule has 1 aromatic rings. The van der Waals surface area contributed by atoms with Crippen LogP contribution in [0.2, 0.25) is 0 Å². The molecule has 2 rings (SSSR count). The van der Waals surface area contributed by atoms with Gasteiger partial charge in [0.25, 0.3) is 0 Å². The van der Waals surface area contributed by atoms with E-state index >= 15 is 0 Å². The molecule has 1 saturated carbocycles. The van der Waals surface area contributed by atoms with Crippen LogP contribution in [-0.4, -0.2) is 37.7 Å². The number of anilines is 1. The van der Waals surface area contributed by atoms with Gasteiger partial charge in [-0.05, 0) is 35.8 Å². The first-order chi connectivity index (χ1) is 8.50. The second-order valence-electron chi connectivity index (χ2n) is 4.16. The van der Waals surface area contributed by atoms with Gasteiger partial charge >= 0.3 is 0 Å². The summed E-state index contributed by atoms with van der Waals surface area (Å²) in [6.45, 7) is 0.316. The average Bonchev–Trinajstić information content (AvgIpc) is 3.12. The van der Waals surface area contributed by atoms with Crippen LogP contribution in [0.3, 0.4) is 0 Å². The lowest BCUT2D eigenvalue weighted by atomic mass is 10.4. The van der Waals surface area contributed by atoms with Crippen molar-refractivity contribution < 1.29 is 8.42 Å². The van der Waals surface area contributed by atoms with Crippen molar-refractivity contribution >= 4 is 31.8 Å². The van der Waals surface area contributed by atoms with Crippen molar-refractivity contribution in [3.63, 3.8) is 0 Å². The van der Waals surface area contributed by atoms with E-state index in [1.54, 1.807) is 6.07 Å². The minimum Gasteiger partial charge on any atom is -0.369 e. The van der Waals surface area contributed by atoms with Gasteiger partial charge in [-0.25, -0.2) is 23.1 Å².